The molecule has 0 saturated carbocycles. The first-order chi connectivity index (χ1) is 13.6. The number of carbonyl (C=O) groups excluding carboxylic acids is 2. The van der Waals surface area contributed by atoms with Crippen molar-refractivity contribution >= 4 is 11.8 Å². The Balaban J connectivity index is 1.42. The molecule has 1 N–H and O–H groups in total. The van der Waals surface area contributed by atoms with Gasteiger partial charge in [0.25, 0.3) is 0 Å². The molecule has 0 radical (unpaired) electrons. The molecule has 0 aliphatic carbocycles. The van der Waals surface area contributed by atoms with Crippen LogP contribution in [0.3, 0.4) is 0 Å². The smallest absolute Gasteiger partial charge is 0.224 e. The number of pyridine rings is 1. The Morgan fingerprint density at radius 1 is 1.29 bits per heavy atom. The zero-order valence-electron chi connectivity index (χ0n) is 15.6. The molecule has 7 heteroatoms. The monoisotopic (exact) mass is 385 g/mol. The van der Waals surface area contributed by atoms with E-state index in [1.165, 1.54) is 6.07 Å². The van der Waals surface area contributed by atoms with Crippen molar-refractivity contribution in [1.29, 1.82) is 0 Å². The minimum Gasteiger partial charge on any atom is -0.492 e. The summed E-state index contributed by atoms with van der Waals surface area (Å²) >= 11 is 0. The Hall–Kier alpha value is -2.96. The third kappa shape index (κ3) is 5.52. The minimum absolute atomic E-state index is 0.0443. The Morgan fingerprint density at radius 2 is 2.14 bits per heavy atom. The molecule has 1 aliphatic rings. The van der Waals surface area contributed by atoms with Gasteiger partial charge in [0.05, 0.1) is 18.7 Å². The largest absolute Gasteiger partial charge is 0.492 e. The number of amides is 2. The quantitative estimate of drug-likeness (QED) is 0.709. The van der Waals surface area contributed by atoms with Gasteiger partial charge in [-0.25, -0.2) is 4.39 Å². The maximum atomic E-state index is 13.9. The maximum absolute atomic E-state index is 13.9. The zero-order valence-corrected chi connectivity index (χ0v) is 15.6. The Kier molecular flexibility index (Phi) is 6.94. The summed E-state index contributed by atoms with van der Waals surface area (Å²) < 4.78 is 19.4. The zero-order chi connectivity index (χ0) is 19.8. The van der Waals surface area contributed by atoms with E-state index >= 15 is 0 Å². The second kappa shape index (κ2) is 9.82. The molecule has 1 saturated heterocycles. The van der Waals surface area contributed by atoms with Crippen molar-refractivity contribution < 1.29 is 18.7 Å². The molecular formula is C21H24FN3O3. The van der Waals surface area contributed by atoms with Crippen molar-refractivity contribution in [3.63, 3.8) is 0 Å². The number of rotatable bonds is 8. The second-order valence-electron chi connectivity index (χ2n) is 6.78. The van der Waals surface area contributed by atoms with Gasteiger partial charge in [0.15, 0.2) is 0 Å². The predicted octanol–water partition coefficient (Wildman–Crippen LogP) is 2.54. The Morgan fingerprint density at radius 3 is 2.93 bits per heavy atom. The van der Waals surface area contributed by atoms with Crippen LogP contribution in [-0.4, -0.2) is 41.4 Å². The lowest BCUT2D eigenvalue weighted by atomic mass is 9.96. The number of ether oxygens (including phenoxy) is 1. The molecule has 3 rings (SSSR count). The lowest BCUT2D eigenvalue weighted by Crippen LogP contribution is -2.45. The van der Waals surface area contributed by atoms with E-state index in [9.17, 15) is 14.0 Å². The highest BCUT2D eigenvalue weighted by atomic mass is 19.1. The van der Waals surface area contributed by atoms with Gasteiger partial charge < -0.3 is 15.0 Å². The fourth-order valence-corrected chi connectivity index (χ4v) is 3.16. The van der Waals surface area contributed by atoms with Gasteiger partial charge in [-0.05, 0) is 31.0 Å². The van der Waals surface area contributed by atoms with Crippen LogP contribution in [0.2, 0.25) is 0 Å². The standard InChI is InChI=1S/C21H24FN3O3/c22-19-7-2-1-5-16(19)14-25-15-17(8-9-20(25)26)21(27)24-11-4-12-28-18-6-3-10-23-13-18/h1-3,5-7,10,13,17H,4,8-9,11-12,14-15H2,(H,24,27)/t17-/m0/s1. The Bertz CT molecular complexity index is 800. The van der Waals surface area contributed by atoms with E-state index in [2.05, 4.69) is 10.3 Å². The fraction of sp³-hybridized carbons (Fsp3) is 0.381. The average Bonchev–Trinajstić information content (AvgIpc) is 2.71. The summed E-state index contributed by atoms with van der Waals surface area (Å²) in [4.78, 5) is 30.1. The van der Waals surface area contributed by atoms with E-state index in [1.807, 2.05) is 6.07 Å². The molecule has 1 aliphatic heterocycles. The maximum Gasteiger partial charge on any atom is 0.224 e. The lowest BCUT2D eigenvalue weighted by molar-refractivity contribution is -0.138. The van der Waals surface area contributed by atoms with Crippen LogP contribution in [-0.2, 0) is 16.1 Å². The van der Waals surface area contributed by atoms with Crippen LogP contribution in [0.5, 0.6) is 5.75 Å². The van der Waals surface area contributed by atoms with Gasteiger partial charge in [0.2, 0.25) is 11.8 Å². The van der Waals surface area contributed by atoms with E-state index < -0.39 is 0 Å². The number of nitrogens with zero attached hydrogens (tertiary/aromatic N) is 2. The molecule has 2 aromatic rings. The SMILES string of the molecule is O=C(NCCCOc1cccnc1)[C@H]1CCC(=O)N(Cc2ccccc2F)C1. The summed E-state index contributed by atoms with van der Waals surface area (Å²) in [5.74, 6) is -0.0350. The third-order valence-electron chi connectivity index (χ3n) is 4.71. The topological polar surface area (TPSA) is 71.5 Å². The van der Waals surface area contributed by atoms with Crippen LogP contribution in [0.4, 0.5) is 4.39 Å². The molecule has 2 amide bonds. The van der Waals surface area contributed by atoms with Gasteiger partial charge in [0.1, 0.15) is 11.6 Å². The third-order valence-corrected chi connectivity index (χ3v) is 4.71. The summed E-state index contributed by atoms with van der Waals surface area (Å²) in [5.41, 5.74) is 0.462. The Labute approximate surface area is 163 Å². The van der Waals surface area contributed by atoms with E-state index in [0.717, 1.165) is 0 Å². The summed E-state index contributed by atoms with van der Waals surface area (Å²) in [6.07, 6.45) is 4.81. The van der Waals surface area contributed by atoms with Crippen molar-refractivity contribution in [3.8, 4) is 5.75 Å². The molecule has 1 aromatic carbocycles. The van der Waals surface area contributed by atoms with Gasteiger partial charge in [-0.2, -0.15) is 0 Å². The van der Waals surface area contributed by atoms with Crippen molar-refractivity contribution in [2.24, 2.45) is 5.92 Å². The molecule has 148 valence electrons. The van der Waals surface area contributed by atoms with Crippen molar-refractivity contribution in [2.45, 2.75) is 25.8 Å². The number of carbonyl (C=O) groups is 2. The van der Waals surface area contributed by atoms with Crippen molar-refractivity contribution in [3.05, 3.63) is 60.2 Å². The number of halogens is 1. The van der Waals surface area contributed by atoms with Gasteiger partial charge in [-0.15, -0.1) is 0 Å². The lowest BCUT2D eigenvalue weighted by Gasteiger charge is -2.32. The molecule has 28 heavy (non-hydrogen) atoms. The first-order valence-electron chi connectivity index (χ1n) is 9.45. The van der Waals surface area contributed by atoms with Crippen LogP contribution in [0, 0.1) is 11.7 Å². The average molecular weight is 385 g/mol. The number of hydrogen-bond donors (Lipinski definition) is 1. The molecule has 0 bridgehead atoms. The number of hydrogen-bond acceptors (Lipinski definition) is 4. The van der Waals surface area contributed by atoms with Gasteiger partial charge in [0, 0.05) is 37.8 Å². The summed E-state index contributed by atoms with van der Waals surface area (Å²) in [6, 6.07) is 10.0. The normalized spacial score (nSPS) is 16.7. The second-order valence-corrected chi connectivity index (χ2v) is 6.78. The first kappa shape index (κ1) is 19.8. The molecular weight excluding hydrogens is 361 g/mol. The highest BCUT2D eigenvalue weighted by Crippen LogP contribution is 2.21. The van der Waals surface area contributed by atoms with E-state index in [4.69, 9.17) is 4.74 Å². The van der Waals surface area contributed by atoms with Crippen LogP contribution in [0.15, 0.2) is 48.8 Å². The minimum atomic E-state index is -0.338. The fourth-order valence-electron chi connectivity index (χ4n) is 3.16. The summed E-state index contributed by atoms with van der Waals surface area (Å²) in [6.45, 7) is 1.48. The number of aromatic nitrogens is 1. The molecule has 1 fully saturated rings. The van der Waals surface area contributed by atoms with Gasteiger partial charge in [-0.1, -0.05) is 18.2 Å². The van der Waals surface area contributed by atoms with E-state index in [1.54, 1.807) is 41.6 Å². The predicted molar refractivity (Wildman–Crippen MR) is 102 cm³/mol. The van der Waals surface area contributed by atoms with Crippen LogP contribution in [0.25, 0.3) is 0 Å². The number of piperidine rings is 1. The molecule has 1 atom stereocenters. The van der Waals surface area contributed by atoms with Gasteiger partial charge in [-0.3, -0.25) is 14.6 Å². The molecule has 2 heterocycles. The van der Waals surface area contributed by atoms with E-state index in [-0.39, 0.29) is 30.1 Å². The molecule has 1 aromatic heterocycles. The number of benzene rings is 1. The van der Waals surface area contributed by atoms with Crippen molar-refractivity contribution in [1.82, 2.24) is 15.2 Å². The van der Waals surface area contributed by atoms with Crippen molar-refractivity contribution in [2.75, 3.05) is 19.7 Å². The summed E-state index contributed by atoms with van der Waals surface area (Å²) in [7, 11) is 0. The van der Waals surface area contributed by atoms with Gasteiger partial charge >= 0.3 is 0 Å². The molecule has 0 spiro atoms. The summed E-state index contributed by atoms with van der Waals surface area (Å²) in [5, 5.41) is 2.90. The van der Waals surface area contributed by atoms with Crippen LogP contribution in [0.1, 0.15) is 24.8 Å². The van der Waals surface area contributed by atoms with E-state index in [0.29, 0.717) is 50.3 Å². The molecule has 6 nitrogen and oxygen atoms in total. The number of nitrogens with one attached hydrogen (secondary N) is 1. The highest BCUT2D eigenvalue weighted by molar-refractivity contribution is 5.83. The molecule has 0 unspecified atom stereocenters. The number of likely N-dealkylation sites (tertiary alicyclic amines) is 1. The van der Waals surface area contributed by atoms with Crippen LogP contribution >= 0.6 is 0 Å². The highest BCUT2D eigenvalue weighted by Gasteiger charge is 2.30. The first-order valence-corrected chi connectivity index (χ1v) is 9.45. The van der Waals surface area contributed by atoms with Crippen LogP contribution < -0.4 is 10.1 Å².